The van der Waals surface area contributed by atoms with Gasteiger partial charge in [0.05, 0.1) is 13.0 Å². The minimum atomic E-state index is 0.0196. The van der Waals surface area contributed by atoms with E-state index in [1.54, 1.807) is 6.92 Å². The number of methoxy groups -OCH3 is 1. The van der Waals surface area contributed by atoms with Crippen LogP contribution in [0.4, 0.5) is 0 Å². The summed E-state index contributed by atoms with van der Waals surface area (Å²) in [4.78, 5) is 23.1. The Balaban J connectivity index is 2.26. The highest BCUT2D eigenvalue weighted by Crippen LogP contribution is 2.32. The third kappa shape index (κ3) is 9.44. The third-order valence-corrected chi connectivity index (χ3v) is 5.52. The van der Waals surface area contributed by atoms with E-state index < -0.39 is 0 Å². The molecule has 3 heteroatoms. The average molecular weight is 339 g/mol. The standard InChI is InChI=1S/C21H38O3/c1-18(22)14-10-6-3-4-7-11-15-19-16-12-8-5-9-13-17-20(19)21(23)24-2/h19-20H,3-17H2,1-2H3. The second kappa shape index (κ2) is 13.4. The van der Waals surface area contributed by atoms with Gasteiger partial charge in [-0.15, -0.1) is 0 Å². The van der Waals surface area contributed by atoms with E-state index in [0.29, 0.717) is 11.7 Å². The average Bonchev–Trinajstić information content (AvgIpc) is 2.68. The molecule has 0 radical (unpaired) electrons. The van der Waals surface area contributed by atoms with Gasteiger partial charge in [-0.2, -0.15) is 0 Å². The van der Waals surface area contributed by atoms with E-state index >= 15 is 0 Å². The predicted molar refractivity (Wildman–Crippen MR) is 98.9 cm³/mol. The number of ether oxygens (including phenoxy) is 1. The van der Waals surface area contributed by atoms with Crippen molar-refractivity contribution in [3.63, 3.8) is 0 Å². The molecule has 1 aliphatic rings. The normalized spacial score (nSPS) is 22.2. The maximum Gasteiger partial charge on any atom is 0.308 e. The van der Waals surface area contributed by atoms with Crippen LogP contribution < -0.4 is 0 Å². The lowest BCUT2D eigenvalue weighted by Crippen LogP contribution is -2.25. The maximum atomic E-state index is 12.2. The van der Waals surface area contributed by atoms with Crippen LogP contribution in [-0.4, -0.2) is 18.9 Å². The highest BCUT2D eigenvalue weighted by Gasteiger charge is 2.28. The first kappa shape index (κ1) is 21.2. The van der Waals surface area contributed by atoms with E-state index in [4.69, 9.17) is 4.74 Å². The summed E-state index contributed by atoms with van der Waals surface area (Å²) in [6.07, 6.45) is 17.7. The molecule has 0 heterocycles. The summed E-state index contributed by atoms with van der Waals surface area (Å²) in [7, 11) is 1.53. The first-order valence-corrected chi connectivity index (χ1v) is 10.2. The number of carbonyl (C=O) groups is 2. The van der Waals surface area contributed by atoms with E-state index in [9.17, 15) is 9.59 Å². The molecular formula is C21H38O3. The first-order chi connectivity index (χ1) is 11.6. The molecule has 0 amide bonds. The van der Waals surface area contributed by atoms with E-state index in [-0.39, 0.29) is 11.9 Å². The zero-order valence-electron chi connectivity index (χ0n) is 16.0. The number of Topliss-reactive ketones (excluding diaryl/α,β-unsaturated/α-hetero) is 1. The molecule has 1 fully saturated rings. The molecule has 2 unspecified atom stereocenters. The Kier molecular flexibility index (Phi) is 11.9. The van der Waals surface area contributed by atoms with Crippen LogP contribution in [-0.2, 0) is 14.3 Å². The zero-order chi connectivity index (χ0) is 17.6. The van der Waals surface area contributed by atoms with Crippen LogP contribution >= 0.6 is 0 Å². The van der Waals surface area contributed by atoms with Gasteiger partial charge in [0.2, 0.25) is 0 Å². The Hall–Kier alpha value is -0.860. The molecule has 0 aromatic carbocycles. The quantitative estimate of drug-likeness (QED) is 0.371. The van der Waals surface area contributed by atoms with Crippen LogP contribution in [0.1, 0.15) is 103 Å². The monoisotopic (exact) mass is 338 g/mol. The van der Waals surface area contributed by atoms with Gasteiger partial charge in [0.15, 0.2) is 0 Å². The van der Waals surface area contributed by atoms with Crippen molar-refractivity contribution in [3.8, 4) is 0 Å². The molecule has 0 spiro atoms. The molecule has 0 saturated heterocycles. The van der Waals surface area contributed by atoms with Crippen LogP contribution in [0.15, 0.2) is 0 Å². The van der Waals surface area contributed by atoms with E-state index in [1.165, 1.54) is 84.2 Å². The number of ketones is 1. The van der Waals surface area contributed by atoms with Crippen molar-refractivity contribution in [2.75, 3.05) is 7.11 Å². The molecular weight excluding hydrogens is 300 g/mol. The first-order valence-electron chi connectivity index (χ1n) is 10.2. The number of rotatable bonds is 10. The lowest BCUT2D eigenvalue weighted by Gasteiger charge is -2.24. The Labute approximate surface area is 148 Å². The van der Waals surface area contributed by atoms with Crippen molar-refractivity contribution < 1.29 is 14.3 Å². The minimum absolute atomic E-state index is 0.0196. The van der Waals surface area contributed by atoms with Crippen molar-refractivity contribution in [1.29, 1.82) is 0 Å². The fourth-order valence-electron chi connectivity index (χ4n) is 4.03. The second-order valence-corrected chi connectivity index (χ2v) is 7.60. The summed E-state index contributed by atoms with van der Waals surface area (Å²) in [5.41, 5.74) is 0. The van der Waals surface area contributed by atoms with Gasteiger partial charge >= 0.3 is 5.97 Å². The highest BCUT2D eigenvalue weighted by atomic mass is 16.5. The van der Waals surface area contributed by atoms with Gasteiger partial charge in [0.1, 0.15) is 5.78 Å². The van der Waals surface area contributed by atoms with Gasteiger partial charge in [-0.25, -0.2) is 0 Å². The molecule has 2 atom stereocenters. The molecule has 0 aliphatic heterocycles. The summed E-state index contributed by atoms with van der Waals surface area (Å²) >= 11 is 0. The number of unbranched alkanes of at least 4 members (excludes halogenated alkanes) is 5. The summed E-state index contributed by atoms with van der Waals surface area (Å²) in [6, 6.07) is 0. The smallest absolute Gasteiger partial charge is 0.308 e. The van der Waals surface area contributed by atoms with Crippen LogP contribution in [0.25, 0.3) is 0 Å². The van der Waals surface area contributed by atoms with E-state index in [0.717, 1.165) is 19.3 Å². The van der Waals surface area contributed by atoms with Gasteiger partial charge in [-0.05, 0) is 38.5 Å². The zero-order valence-corrected chi connectivity index (χ0v) is 16.0. The molecule has 1 saturated carbocycles. The fourth-order valence-corrected chi connectivity index (χ4v) is 4.03. The van der Waals surface area contributed by atoms with Crippen molar-refractivity contribution >= 4 is 11.8 Å². The second-order valence-electron chi connectivity index (χ2n) is 7.60. The summed E-state index contributed by atoms with van der Waals surface area (Å²) in [6.45, 7) is 1.68. The van der Waals surface area contributed by atoms with Crippen LogP contribution in [0.5, 0.6) is 0 Å². The van der Waals surface area contributed by atoms with Crippen molar-refractivity contribution in [3.05, 3.63) is 0 Å². The summed E-state index contributed by atoms with van der Waals surface area (Å²) in [5.74, 6) is 0.979. The molecule has 0 N–H and O–H groups in total. The Bertz CT molecular complexity index is 351. The molecule has 0 bridgehead atoms. The fraction of sp³-hybridized carbons (Fsp3) is 0.905. The van der Waals surface area contributed by atoms with Gasteiger partial charge in [-0.3, -0.25) is 4.79 Å². The van der Waals surface area contributed by atoms with Gasteiger partial charge in [0, 0.05) is 6.42 Å². The highest BCUT2D eigenvalue weighted by molar-refractivity contribution is 5.75. The lowest BCUT2D eigenvalue weighted by atomic mass is 9.81. The number of esters is 1. The van der Waals surface area contributed by atoms with E-state index in [2.05, 4.69) is 0 Å². The molecule has 3 nitrogen and oxygen atoms in total. The van der Waals surface area contributed by atoms with Crippen molar-refractivity contribution in [2.45, 2.75) is 103 Å². The Morgan fingerprint density at radius 3 is 2.08 bits per heavy atom. The number of hydrogen-bond acceptors (Lipinski definition) is 3. The lowest BCUT2D eigenvalue weighted by molar-refractivity contribution is -0.148. The number of carbonyl (C=O) groups excluding carboxylic acids is 2. The topological polar surface area (TPSA) is 43.4 Å². The largest absolute Gasteiger partial charge is 0.469 e. The van der Waals surface area contributed by atoms with Crippen LogP contribution in [0.2, 0.25) is 0 Å². The van der Waals surface area contributed by atoms with Crippen molar-refractivity contribution in [1.82, 2.24) is 0 Å². The molecule has 1 rings (SSSR count). The van der Waals surface area contributed by atoms with Gasteiger partial charge < -0.3 is 9.53 Å². The number of hydrogen-bond donors (Lipinski definition) is 0. The molecule has 24 heavy (non-hydrogen) atoms. The molecule has 0 aromatic heterocycles. The van der Waals surface area contributed by atoms with Crippen molar-refractivity contribution in [2.24, 2.45) is 11.8 Å². The Morgan fingerprint density at radius 1 is 0.833 bits per heavy atom. The van der Waals surface area contributed by atoms with E-state index in [1.807, 2.05) is 0 Å². The minimum Gasteiger partial charge on any atom is -0.469 e. The molecule has 0 aromatic rings. The SMILES string of the molecule is COC(=O)C1CCCCCCCC1CCCCCCCCC(C)=O. The van der Waals surface area contributed by atoms with Crippen LogP contribution in [0.3, 0.4) is 0 Å². The van der Waals surface area contributed by atoms with Gasteiger partial charge in [0.25, 0.3) is 0 Å². The maximum absolute atomic E-state index is 12.2. The summed E-state index contributed by atoms with van der Waals surface area (Å²) in [5, 5.41) is 0. The summed E-state index contributed by atoms with van der Waals surface area (Å²) < 4.78 is 5.08. The van der Waals surface area contributed by atoms with Gasteiger partial charge in [-0.1, -0.05) is 64.2 Å². The Morgan fingerprint density at radius 2 is 1.42 bits per heavy atom. The van der Waals surface area contributed by atoms with Crippen LogP contribution in [0, 0.1) is 11.8 Å². The molecule has 1 aliphatic carbocycles. The molecule has 140 valence electrons. The predicted octanol–water partition coefficient (Wildman–Crippen LogP) is 5.85. The third-order valence-electron chi connectivity index (χ3n) is 5.52.